The fourth-order valence-electron chi connectivity index (χ4n) is 1.83. The van der Waals surface area contributed by atoms with Gasteiger partial charge in [0.15, 0.2) is 9.84 Å². The molecule has 0 bridgehead atoms. The van der Waals surface area contributed by atoms with E-state index in [1.54, 1.807) is 13.0 Å². The average Bonchev–Trinajstić information content (AvgIpc) is 2.31. The van der Waals surface area contributed by atoms with Gasteiger partial charge in [0.1, 0.15) is 0 Å². The zero-order valence-corrected chi connectivity index (χ0v) is 8.84. The van der Waals surface area contributed by atoms with E-state index in [9.17, 15) is 8.42 Å². The molecule has 1 fully saturated rings. The van der Waals surface area contributed by atoms with Gasteiger partial charge in [0.05, 0.1) is 11.4 Å². The monoisotopic (exact) mass is 204 g/mol. The highest BCUT2D eigenvalue weighted by Gasteiger charge is 2.29. The first-order valence-electron chi connectivity index (χ1n) is 4.49. The number of hydrogen-bond acceptors (Lipinski definition) is 3. The van der Waals surface area contributed by atoms with Crippen molar-refractivity contribution in [2.75, 3.05) is 6.26 Å². The van der Waals surface area contributed by atoms with Crippen LogP contribution in [0.4, 0.5) is 0 Å². The molecule has 0 saturated heterocycles. The third-order valence-corrected chi connectivity index (χ3v) is 3.89. The zero-order valence-electron chi connectivity index (χ0n) is 8.03. The van der Waals surface area contributed by atoms with Crippen molar-refractivity contribution in [2.24, 2.45) is 0 Å². The average molecular weight is 204 g/mol. The van der Waals surface area contributed by atoms with Crippen LogP contribution in [0.1, 0.15) is 26.2 Å². The topological polar surface area (TPSA) is 54.4 Å². The van der Waals surface area contributed by atoms with Crippen molar-refractivity contribution in [1.29, 1.82) is 0 Å². The highest BCUT2D eigenvalue weighted by atomic mass is 32.2. The molecule has 4 heteroatoms. The molecule has 1 aliphatic rings. The summed E-state index contributed by atoms with van der Waals surface area (Å²) >= 11 is 0. The van der Waals surface area contributed by atoms with Crippen LogP contribution < -0.4 is 0 Å². The Bertz CT molecular complexity index is 301. The summed E-state index contributed by atoms with van der Waals surface area (Å²) in [7, 11) is -2.98. The second-order valence-corrected chi connectivity index (χ2v) is 5.92. The fourth-order valence-corrected chi connectivity index (χ4v) is 3.17. The lowest BCUT2D eigenvalue weighted by Crippen LogP contribution is -2.18. The minimum absolute atomic E-state index is 0.345. The summed E-state index contributed by atoms with van der Waals surface area (Å²) < 4.78 is 22.6. The van der Waals surface area contributed by atoms with E-state index >= 15 is 0 Å². The lowest BCUT2D eigenvalue weighted by molar-refractivity contribution is 0.243. The third kappa shape index (κ3) is 2.81. The molecule has 0 heterocycles. The maximum absolute atomic E-state index is 11.3. The van der Waals surface area contributed by atoms with Crippen LogP contribution in [0.3, 0.4) is 0 Å². The zero-order chi connectivity index (χ0) is 10.1. The molecule has 76 valence electrons. The molecule has 2 unspecified atom stereocenters. The van der Waals surface area contributed by atoms with Crippen molar-refractivity contribution < 1.29 is 13.5 Å². The van der Waals surface area contributed by atoms with Gasteiger partial charge in [0.2, 0.25) is 0 Å². The lowest BCUT2D eigenvalue weighted by atomic mass is 10.2. The molecule has 0 spiro atoms. The number of hydrogen-bond donors (Lipinski definition) is 1. The van der Waals surface area contributed by atoms with Crippen LogP contribution >= 0.6 is 0 Å². The van der Waals surface area contributed by atoms with Crippen LogP contribution in [0.2, 0.25) is 0 Å². The summed E-state index contributed by atoms with van der Waals surface area (Å²) in [6.45, 7) is 1.64. The fraction of sp³-hybridized carbons (Fsp3) is 0.778. The molecule has 1 saturated carbocycles. The quantitative estimate of drug-likeness (QED) is 0.680. The van der Waals surface area contributed by atoms with E-state index in [1.165, 1.54) is 6.26 Å². The predicted molar refractivity (Wildman–Crippen MR) is 52.2 cm³/mol. The predicted octanol–water partition coefficient (Wildman–Crippen LogP) is 0.891. The molecule has 3 nitrogen and oxygen atoms in total. The van der Waals surface area contributed by atoms with Gasteiger partial charge >= 0.3 is 0 Å². The van der Waals surface area contributed by atoms with E-state index in [-0.39, 0.29) is 5.25 Å². The summed E-state index contributed by atoms with van der Waals surface area (Å²) in [5.74, 6) is 0. The van der Waals surface area contributed by atoms with Crippen LogP contribution in [0, 0.1) is 0 Å². The summed E-state index contributed by atoms with van der Waals surface area (Å²) in [6, 6.07) is 0. The molecule has 1 N–H and O–H groups in total. The van der Waals surface area contributed by atoms with E-state index < -0.39 is 15.9 Å². The van der Waals surface area contributed by atoms with Gasteiger partial charge in [-0.25, -0.2) is 8.42 Å². The second kappa shape index (κ2) is 3.80. The molecule has 1 rings (SSSR count). The van der Waals surface area contributed by atoms with Crippen LogP contribution in [-0.4, -0.2) is 31.1 Å². The highest BCUT2D eigenvalue weighted by Crippen LogP contribution is 2.30. The largest absolute Gasteiger partial charge is 0.389 e. The summed E-state index contributed by atoms with van der Waals surface area (Å²) in [5, 5.41) is 8.78. The Morgan fingerprint density at radius 2 is 2.23 bits per heavy atom. The first-order chi connectivity index (χ1) is 5.91. The number of aliphatic hydroxyl groups is 1. The molecular formula is C9H16O3S. The molecule has 0 radical (unpaired) electrons. The van der Waals surface area contributed by atoms with Gasteiger partial charge in [0.25, 0.3) is 0 Å². The second-order valence-electron chi connectivity index (χ2n) is 3.69. The van der Waals surface area contributed by atoms with E-state index in [4.69, 9.17) is 5.11 Å². The van der Waals surface area contributed by atoms with E-state index in [0.29, 0.717) is 6.42 Å². The Kier molecular flexibility index (Phi) is 3.14. The number of aliphatic hydroxyl groups excluding tert-OH is 1. The Balaban J connectivity index is 2.88. The van der Waals surface area contributed by atoms with Gasteiger partial charge in [-0.15, -0.1) is 0 Å². The van der Waals surface area contributed by atoms with Gasteiger partial charge < -0.3 is 5.11 Å². The maximum Gasteiger partial charge on any atom is 0.154 e. The van der Waals surface area contributed by atoms with Crippen molar-refractivity contribution in [1.82, 2.24) is 0 Å². The van der Waals surface area contributed by atoms with E-state index in [1.807, 2.05) is 0 Å². The molecule has 13 heavy (non-hydrogen) atoms. The van der Waals surface area contributed by atoms with Crippen molar-refractivity contribution in [3.63, 3.8) is 0 Å². The molecule has 0 aromatic heterocycles. The SMILES string of the molecule is CC(O)/C=C1/CCCC1S(C)(=O)=O. The highest BCUT2D eigenvalue weighted by molar-refractivity contribution is 7.91. The van der Waals surface area contributed by atoms with Crippen LogP contribution in [0.5, 0.6) is 0 Å². The lowest BCUT2D eigenvalue weighted by Gasteiger charge is -2.10. The van der Waals surface area contributed by atoms with Crippen molar-refractivity contribution in [3.05, 3.63) is 11.6 Å². The van der Waals surface area contributed by atoms with E-state index in [0.717, 1.165) is 18.4 Å². The summed E-state index contributed by atoms with van der Waals surface area (Å²) in [5.41, 5.74) is 0.887. The smallest absolute Gasteiger partial charge is 0.154 e. The Labute approximate surface area is 79.4 Å². The molecule has 0 aromatic rings. The number of sulfone groups is 1. The Morgan fingerprint density at radius 3 is 2.69 bits per heavy atom. The standard InChI is InChI=1S/C9H16O3S/c1-7(10)6-8-4-3-5-9(8)13(2,11)12/h6-7,9-10H,3-5H2,1-2H3/b8-6-. The first kappa shape index (κ1) is 10.7. The van der Waals surface area contributed by atoms with Crippen LogP contribution in [-0.2, 0) is 9.84 Å². The maximum atomic E-state index is 11.3. The first-order valence-corrected chi connectivity index (χ1v) is 6.44. The van der Waals surface area contributed by atoms with Crippen LogP contribution in [0.15, 0.2) is 11.6 Å². The van der Waals surface area contributed by atoms with Gasteiger partial charge in [0, 0.05) is 6.26 Å². The van der Waals surface area contributed by atoms with Gasteiger partial charge in [-0.05, 0) is 26.2 Å². The number of rotatable bonds is 2. The minimum atomic E-state index is -2.98. The van der Waals surface area contributed by atoms with Gasteiger partial charge in [-0.1, -0.05) is 11.6 Å². The molecule has 1 aliphatic carbocycles. The van der Waals surface area contributed by atoms with Crippen molar-refractivity contribution in [2.45, 2.75) is 37.5 Å². The third-order valence-electron chi connectivity index (χ3n) is 2.32. The normalized spacial score (nSPS) is 29.5. The Morgan fingerprint density at radius 1 is 1.62 bits per heavy atom. The van der Waals surface area contributed by atoms with Gasteiger partial charge in [-0.2, -0.15) is 0 Å². The van der Waals surface area contributed by atoms with Gasteiger partial charge in [-0.3, -0.25) is 0 Å². The molecule has 0 aromatic carbocycles. The minimum Gasteiger partial charge on any atom is -0.389 e. The Hall–Kier alpha value is -0.350. The molecular weight excluding hydrogens is 188 g/mol. The van der Waals surface area contributed by atoms with E-state index in [2.05, 4.69) is 0 Å². The van der Waals surface area contributed by atoms with Crippen molar-refractivity contribution in [3.8, 4) is 0 Å². The molecule has 0 aliphatic heterocycles. The molecule has 2 atom stereocenters. The van der Waals surface area contributed by atoms with Crippen molar-refractivity contribution >= 4 is 9.84 Å². The summed E-state index contributed by atoms with van der Waals surface area (Å²) in [4.78, 5) is 0. The molecule has 0 amide bonds. The summed E-state index contributed by atoms with van der Waals surface area (Å²) in [6.07, 6.45) is 4.81. The van der Waals surface area contributed by atoms with Crippen LogP contribution in [0.25, 0.3) is 0 Å².